The smallest absolute Gasteiger partial charge is 0.312 e. The third kappa shape index (κ3) is 4.19. The maximum absolute atomic E-state index is 12.4. The van der Waals surface area contributed by atoms with Crippen LogP contribution in [-0.2, 0) is 11.2 Å². The normalized spacial score (nSPS) is 16.7. The molecule has 1 unspecified atom stereocenters. The number of fused-ring (bicyclic) bond motifs is 1. The van der Waals surface area contributed by atoms with Gasteiger partial charge in [0.2, 0.25) is 5.75 Å². The van der Waals surface area contributed by atoms with E-state index in [4.69, 9.17) is 14.2 Å². The van der Waals surface area contributed by atoms with Gasteiger partial charge in [0.05, 0.1) is 19.6 Å². The van der Waals surface area contributed by atoms with E-state index in [0.29, 0.717) is 42.4 Å². The standard InChI is InChI=1S/C27H32O6/c1-27(2,26(29)30)23(15-16-7-5-8-16)33-24-20(12-14-22(31-3)25(24)32-4)17-9-6-10-19-18(17)11-13-21(19)28/h6,9-10,12,14,16,23H,5,7-8,11,13,15H2,1-4H3,(H,29,30). The van der Waals surface area contributed by atoms with Gasteiger partial charge in [-0.1, -0.05) is 37.5 Å². The van der Waals surface area contributed by atoms with Crippen LogP contribution in [0.25, 0.3) is 11.1 Å². The molecule has 1 saturated carbocycles. The van der Waals surface area contributed by atoms with Crippen LogP contribution in [-0.4, -0.2) is 37.2 Å². The highest BCUT2D eigenvalue weighted by molar-refractivity contribution is 6.02. The summed E-state index contributed by atoms with van der Waals surface area (Å²) in [4.78, 5) is 24.6. The molecule has 0 aliphatic heterocycles. The van der Waals surface area contributed by atoms with Crippen molar-refractivity contribution in [1.29, 1.82) is 0 Å². The zero-order valence-corrected chi connectivity index (χ0v) is 19.8. The maximum atomic E-state index is 12.4. The lowest BCUT2D eigenvalue weighted by molar-refractivity contribution is -0.153. The highest BCUT2D eigenvalue weighted by atomic mass is 16.5. The summed E-state index contributed by atoms with van der Waals surface area (Å²) in [7, 11) is 3.12. The molecule has 0 heterocycles. The van der Waals surface area contributed by atoms with E-state index >= 15 is 0 Å². The van der Waals surface area contributed by atoms with Gasteiger partial charge in [-0.3, -0.25) is 9.59 Å². The lowest BCUT2D eigenvalue weighted by Gasteiger charge is -2.37. The number of hydrogen-bond donors (Lipinski definition) is 1. The fourth-order valence-electron chi connectivity index (χ4n) is 4.77. The molecule has 6 heteroatoms. The van der Waals surface area contributed by atoms with E-state index < -0.39 is 17.5 Å². The van der Waals surface area contributed by atoms with Crippen LogP contribution in [0, 0.1) is 11.3 Å². The first-order valence-electron chi connectivity index (χ1n) is 11.6. The topological polar surface area (TPSA) is 82.1 Å². The summed E-state index contributed by atoms with van der Waals surface area (Å²) in [6, 6.07) is 9.45. The van der Waals surface area contributed by atoms with E-state index in [2.05, 4.69) is 0 Å². The van der Waals surface area contributed by atoms with Crippen molar-refractivity contribution >= 4 is 11.8 Å². The number of methoxy groups -OCH3 is 2. The number of ketones is 1. The Kier molecular flexibility index (Phi) is 6.37. The molecule has 2 aromatic rings. The van der Waals surface area contributed by atoms with Crippen LogP contribution in [0.4, 0.5) is 0 Å². The van der Waals surface area contributed by atoms with Crippen molar-refractivity contribution in [3.63, 3.8) is 0 Å². The molecule has 6 nitrogen and oxygen atoms in total. The van der Waals surface area contributed by atoms with Gasteiger partial charge in [0, 0.05) is 17.5 Å². The lowest BCUT2D eigenvalue weighted by atomic mass is 9.75. The van der Waals surface area contributed by atoms with E-state index in [1.807, 2.05) is 30.3 Å². The lowest BCUT2D eigenvalue weighted by Crippen LogP contribution is -2.43. The van der Waals surface area contributed by atoms with Gasteiger partial charge in [0.15, 0.2) is 17.3 Å². The van der Waals surface area contributed by atoms with Crippen molar-refractivity contribution < 1.29 is 28.9 Å². The minimum atomic E-state index is -1.10. The number of hydrogen-bond acceptors (Lipinski definition) is 5. The Morgan fingerprint density at radius 1 is 1.03 bits per heavy atom. The van der Waals surface area contributed by atoms with Crippen LogP contribution in [0.15, 0.2) is 30.3 Å². The zero-order valence-electron chi connectivity index (χ0n) is 19.8. The molecule has 1 fully saturated rings. The van der Waals surface area contributed by atoms with Crippen molar-refractivity contribution in [2.75, 3.05) is 14.2 Å². The second-order valence-electron chi connectivity index (χ2n) is 9.60. The Balaban J connectivity index is 1.85. The van der Waals surface area contributed by atoms with Crippen molar-refractivity contribution in [2.24, 2.45) is 11.3 Å². The van der Waals surface area contributed by atoms with Gasteiger partial charge in [-0.15, -0.1) is 0 Å². The van der Waals surface area contributed by atoms with Crippen LogP contribution in [0.1, 0.15) is 61.9 Å². The van der Waals surface area contributed by atoms with E-state index in [0.717, 1.165) is 35.1 Å². The number of rotatable bonds is 9. The molecule has 4 rings (SSSR count). The number of ether oxygens (including phenoxy) is 3. The predicted octanol–water partition coefficient (Wildman–Crippen LogP) is 5.55. The van der Waals surface area contributed by atoms with Crippen molar-refractivity contribution in [1.82, 2.24) is 0 Å². The van der Waals surface area contributed by atoms with Crippen LogP contribution >= 0.6 is 0 Å². The van der Waals surface area contributed by atoms with Crippen LogP contribution < -0.4 is 14.2 Å². The summed E-state index contributed by atoms with van der Waals surface area (Å²) < 4.78 is 17.9. The number of benzene rings is 2. The van der Waals surface area contributed by atoms with Gasteiger partial charge in [0.1, 0.15) is 6.10 Å². The molecule has 33 heavy (non-hydrogen) atoms. The number of aliphatic carboxylic acids is 1. The SMILES string of the molecule is COc1ccc(-c2cccc3c2CCC3=O)c(OC(CC2CCC2)C(C)(C)C(=O)O)c1OC. The summed E-state index contributed by atoms with van der Waals surface area (Å²) in [5.41, 5.74) is 2.32. The van der Waals surface area contributed by atoms with Crippen molar-refractivity contribution in [3.8, 4) is 28.4 Å². The molecule has 1 N–H and O–H groups in total. The molecular formula is C27H32O6. The van der Waals surface area contributed by atoms with E-state index in [-0.39, 0.29) is 5.78 Å². The third-order valence-electron chi connectivity index (χ3n) is 7.26. The molecule has 0 bridgehead atoms. The molecule has 0 spiro atoms. The van der Waals surface area contributed by atoms with Gasteiger partial charge >= 0.3 is 5.97 Å². The summed E-state index contributed by atoms with van der Waals surface area (Å²) in [5, 5.41) is 9.99. The van der Waals surface area contributed by atoms with E-state index in [9.17, 15) is 14.7 Å². The molecule has 0 aromatic heterocycles. The average molecular weight is 453 g/mol. The Bertz CT molecular complexity index is 1070. The first kappa shape index (κ1) is 23.1. The summed E-state index contributed by atoms with van der Waals surface area (Å²) in [6.45, 7) is 3.42. The Hall–Kier alpha value is -3.02. The number of carboxylic acid groups (broad SMARTS) is 1. The van der Waals surface area contributed by atoms with E-state index in [1.54, 1.807) is 28.1 Å². The van der Waals surface area contributed by atoms with Crippen molar-refractivity contribution in [2.45, 2.75) is 58.5 Å². The van der Waals surface area contributed by atoms with E-state index in [1.165, 1.54) is 6.42 Å². The largest absolute Gasteiger partial charge is 0.493 e. The zero-order chi connectivity index (χ0) is 23.8. The first-order valence-corrected chi connectivity index (χ1v) is 11.6. The summed E-state index contributed by atoms with van der Waals surface area (Å²) in [6.07, 6.45) is 4.61. The summed E-state index contributed by atoms with van der Waals surface area (Å²) >= 11 is 0. The highest BCUT2D eigenvalue weighted by Gasteiger charge is 2.42. The number of carbonyl (C=O) groups excluding carboxylic acids is 1. The molecule has 2 aliphatic rings. The first-order chi connectivity index (χ1) is 15.8. The fraction of sp³-hybridized carbons (Fsp3) is 0.481. The minimum Gasteiger partial charge on any atom is -0.493 e. The second kappa shape index (κ2) is 9.08. The Morgan fingerprint density at radius 2 is 1.76 bits per heavy atom. The number of carbonyl (C=O) groups is 2. The van der Waals surface area contributed by atoms with Crippen LogP contribution in [0.5, 0.6) is 17.2 Å². The van der Waals surface area contributed by atoms with Crippen molar-refractivity contribution in [3.05, 3.63) is 41.5 Å². The average Bonchev–Trinajstić information content (AvgIpc) is 3.15. The third-order valence-corrected chi connectivity index (χ3v) is 7.26. The summed E-state index contributed by atoms with van der Waals surface area (Å²) in [5.74, 6) is 1.09. The Morgan fingerprint density at radius 3 is 2.36 bits per heavy atom. The fourth-order valence-corrected chi connectivity index (χ4v) is 4.77. The quantitative estimate of drug-likeness (QED) is 0.537. The van der Waals surface area contributed by atoms with Crippen LogP contribution in [0.2, 0.25) is 0 Å². The molecule has 0 saturated heterocycles. The molecule has 0 radical (unpaired) electrons. The van der Waals surface area contributed by atoms with Crippen LogP contribution in [0.3, 0.4) is 0 Å². The molecule has 2 aromatic carbocycles. The molecule has 0 amide bonds. The number of carboxylic acids is 1. The van der Waals surface area contributed by atoms with Gasteiger partial charge in [-0.2, -0.15) is 0 Å². The molecule has 1 atom stereocenters. The highest BCUT2D eigenvalue weighted by Crippen LogP contribution is 2.49. The minimum absolute atomic E-state index is 0.143. The maximum Gasteiger partial charge on any atom is 0.312 e. The molecule has 2 aliphatic carbocycles. The van der Waals surface area contributed by atoms with Gasteiger partial charge < -0.3 is 19.3 Å². The van der Waals surface area contributed by atoms with Gasteiger partial charge in [0.25, 0.3) is 0 Å². The van der Waals surface area contributed by atoms with Gasteiger partial charge in [-0.05, 0) is 55.9 Å². The molecular weight excluding hydrogens is 420 g/mol. The monoisotopic (exact) mass is 452 g/mol. The second-order valence-corrected chi connectivity index (χ2v) is 9.60. The van der Waals surface area contributed by atoms with Gasteiger partial charge in [-0.25, -0.2) is 0 Å². The number of Topliss-reactive ketones (excluding diaryl/α,β-unsaturated/α-hetero) is 1. The molecule has 176 valence electrons. The predicted molar refractivity (Wildman–Crippen MR) is 125 cm³/mol. The Labute approximate surface area is 194 Å².